The van der Waals surface area contributed by atoms with Crippen LogP contribution in [0.2, 0.25) is 5.02 Å². The van der Waals surface area contributed by atoms with Gasteiger partial charge in [-0.1, -0.05) is 30.5 Å². The number of esters is 1. The van der Waals surface area contributed by atoms with Gasteiger partial charge in [0.25, 0.3) is 5.91 Å². The summed E-state index contributed by atoms with van der Waals surface area (Å²) >= 11 is 6.34. The van der Waals surface area contributed by atoms with Gasteiger partial charge in [0.1, 0.15) is 11.2 Å². The number of amides is 2. The highest BCUT2D eigenvalue weighted by molar-refractivity contribution is 6.31. The van der Waals surface area contributed by atoms with Crippen molar-refractivity contribution in [3.8, 4) is 0 Å². The van der Waals surface area contributed by atoms with Gasteiger partial charge in [-0.3, -0.25) is 19.2 Å². The molecule has 2 heterocycles. The molecule has 1 atom stereocenters. The Hall–Kier alpha value is -2.87. The first-order valence-corrected chi connectivity index (χ1v) is 10.7. The van der Waals surface area contributed by atoms with Gasteiger partial charge in [-0.05, 0) is 44.4 Å². The molecule has 164 valence electrons. The van der Waals surface area contributed by atoms with Gasteiger partial charge in [0.2, 0.25) is 5.91 Å². The van der Waals surface area contributed by atoms with Crippen LogP contribution in [0.3, 0.4) is 0 Å². The summed E-state index contributed by atoms with van der Waals surface area (Å²) in [6, 6.07) is 6.75. The number of benzene rings is 1. The lowest BCUT2D eigenvalue weighted by Gasteiger charge is -2.43. The molecule has 1 aromatic heterocycles. The normalized spacial score (nSPS) is 21.2. The first-order valence-electron chi connectivity index (χ1n) is 10.3. The number of halogens is 1. The van der Waals surface area contributed by atoms with E-state index in [1.165, 1.54) is 22.8 Å². The third-order valence-corrected chi connectivity index (χ3v) is 6.55. The van der Waals surface area contributed by atoms with Crippen molar-refractivity contribution >= 4 is 35.1 Å². The molecule has 0 bridgehead atoms. The van der Waals surface area contributed by atoms with E-state index in [1.807, 2.05) is 13.0 Å². The summed E-state index contributed by atoms with van der Waals surface area (Å²) in [5, 5.41) is 7.84. The number of hydrogen-bond acceptors (Lipinski definition) is 5. The number of nitrogens with one attached hydrogen (secondary N) is 1. The number of rotatable bonds is 4. The van der Waals surface area contributed by atoms with E-state index in [0.717, 1.165) is 31.2 Å². The van der Waals surface area contributed by atoms with Gasteiger partial charge in [0.15, 0.2) is 5.69 Å². The highest BCUT2D eigenvalue weighted by Crippen LogP contribution is 2.35. The van der Waals surface area contributed by atoms with Gasteiger partial charge in [0, 0.05) is 22.8 Å². The summed E-state index contributed by atoms with van der Waals surface area (Å²) in [5.74, 6) is -1.33. The Labute approximate surface area is 185 Å². The molecule has 0 radical (unpaired) electrons. The number of fused-ring (bicyclic) bond motifs is 1. The summed E-state index contributed by atoms with van der Waals surface area (Å²) in [6.45, 7) is 3.67. The molecule has 2 amide bonds. The van der Waals surface area contributed by atoms with Crippen molar-refractivity contribution < 1.29 is 19.1 Å². The number of hydrogen-bond donors (Lipinski definition) is 1. The molecule has 1 aliphatic carbocycles. The average molecular weight is 445 g/mol. The second-order valence-electron chi connectivity index (χ2n) is 8.37. The van der Waals surface area contributed by atoms with Crippen LogP contribution in [-0.4, -0.2) is 46.3 Å². The lowest BCUT2D eigenvalue weighted by atomic mass is 9.93. The average Bonchev–Trinajstić information content (AvgIpc) is 3.40. The number of carbonyl (C=O) groups excluding carboxylic acids is 3. The van der Waals surface area contributed by atoms with Crippen LogP contribution in [0.5, 0.6) is 0 Å². The Morgan fingerprint density at radius 3 is 2.61 bits per heavy atom. The summed E-state index contributed by atoms with van der Waals surface area (Å²) < 4.78 is 6.15. The fraction of sp³-hybridized carbons (Fsp3) is 0.455. The lowest BCUT2D eigenvalue weighted by Crippen LogP contribution is -2.65. The first-order chi connectivity index (χ1) is 14.7. The number of aromatic nitrogens is 2. The number of carbonyl (C=O) groups is 3. The summed E-state index contributed by atoms with van der Waals surface area (Å²) in [6.07, 6.45) is 3.99. The number of aryl methyl sites for hydroxylation is 1. The van der Waals surface area contributed by atoms with Gasteiger partial charge in [0.05, 0.1) is 13.7 Å². The zero-order valence-electron chi connectivity index (χ0n) is 17.8. The van der Waals surface area contributed by atoms with Crippen LogP contribution in [0.15, 0.2) is 24.3 Å². The highest BCUT2D eigenvalue weighted by Gasteiger charge is 2.49. The maximum Gasteiger partial charge on any atom is 0.358 e. The Morgan fingerprint density at radius 1 is 1.26 bits per heavy atom. The van der Waals surface area contributed by atoms with Crippen molar-refractivity contribution in [3.05, 3.63) is 46.2 Å². The fourth-order valence-electron chi connectivity index (χ4n) is 4.32. The molecule has 2 aliphatic rings. The number of nitrogens with zero attached hydrogens (tertiary/aromatic N) is 3. The second-order valence-corrected chi connectivity index (χ2v) is 8.77. The molecular formula is C22H25ClN4O4. The minimum atomic E-state index is -1.26. The van der Waals surface area contributed by atoms with E-state index in [2.05, 4.69) is 10.4 Å². The highest BCUT2D eigenvalue weighted by atomic mass is 35.5. The second kappa shape index (κ2) is 8.00. The topological polar surface area (TPSA) is 93.5 Å². The van der Waals surface area contributed by atoms with E-state index in [-0.39, 0.29) is 29.9 Å². The van der Waals surface area contributed by atoms with Crippen LogP contribution in [0.4, 0.5) is 5.69 Å². The molecular weight excluding hydrogens is 420 g/mol. The van der Waals surface area contributed by atoms with Crippen molar-refractivity contribution in [2.24, 2.45) is 0 Å². The minimum Gasteiger partial charge on any atom is -0.464 e. The molecule has 4 rings (SSSR count). The Balaban J connectivity index is 1.79. The van der Waals surface area contributed by atoms with Crippen molar-refractivity contribution in [2.75, 3.05) is 12.0 Å². The van der Waals surface area contributed by atoms with Gasteiger partial charge in [-0.2, -0.15) is 5.10 Å². The predicted molar refractivity (Wildman–Crippen MR) is 115 cm³/mol. The van der Waals surface area contributed by atoms with Crippen LogP contribution >= 0.6 is 11.6 Å². The maximum absolute atomic E-state index is 13.6. The molecule has 1 aromatic carbocycles. The van der Waals surface area contributed by atoms with Crippen LogP contribution in [0.25, 0.3) is 0 Å². The maximum atomic E-state index is 13.6. The summed E-state index contributed by atoms with van der Waals surface area (Å²) in [4.78, 5) is 40.5. The summed E-state index contributed by atoms with van der Waals surface area (Å²) in [7, 11) is 1.25. The molecule has 9 heteroatoms. The van der Waals surface area contributed by atoms with Crippen LogP contribution < -0.4 is 10.2 Å². The molecule has 8 nitrogen and oxygen atoms in total. The van der Waals surface area contributed by atoms with E-state index >= 15 is 0 Å². The third kappa shape index (κ3) is 3.69. The van der Waals surface area contributed by atoms with E-state index in [0.29, 0.717) is 10.7 Å². The fourth-order valence-corrected chi connectivity index (χ4v) is 4.50. The monoisotopic (exact) mass is 444 g/mol. The SMILES string of the molecule is COC(=O)c1cc2n(n1)C[C@](C)(C(=O)NC1CCCC1)N(c1ccc(C)c(Cl)c1)C2=O. The molecule has 1 fully saturated rings. The Kier molecular flexibility index (Phi) is 5.51. The number of anilines is 1. The van der Waals surface area contributed by atoms with E-state index in [1.54, 1.807) is 19.1 Å². The quantitative estimate of drug-likeness (QED) is 0.731. The largest absolute Gasteiger partial charge is 0.464 e. The first kappa shape index (κ1) is 21.4. The van der Waals surface area contributed by atoms with Crippen molar-refractivity contribution in [2.45, 2.75) is 57.7 Å². The molecule has 1 saturated carbocycles. The Morgan fingerprint density at radius 2 is 1.97 bits per heavy atom. The van der Waals surface area contributed by atoms with Gasteiger partial charge in [-0.15, -0.1) is 0 Å². The van der Waals surface area contributed by atoms with Crippen molar-refractivity contribution in [3.63, 3.8) is 0 Å². The smallest absolute Gasteiger partial charge is 0.358 e. The number of ether oxygens (including phenoxy) is 1. The lowest BCUT2D eigenvalue weighted by molar-refractivity contribution is -0.127. The minimum absolute atomic E-state index is 0.0215. The predicted octanol–water partition coefficient (Wildman–Crippen LogP) is 3.11. The Bertz CT molecular complexity index is 1060. The summed E-state index contributed by atoms with van der Waals surface area (Å²) in [5.41, 5.74) is 0.350. The molecule has 1 N–H and O–H groups in total. The van der Waals surface area contributed by atoms with Crippen molar-refractivity contribution in [1.82, 2.24) is 15.1 Å². The molecule has 0 saturated heterocycles. The van der Waals surface area contributed by atoms with Gasteiger partial charge >= 0.3 is 5.97 Å². The zero-order valence-corrected chi connectivity index (χ0v) is 18.5. The van der Waals surface area contributed by atoms with Gasteiger partial charge in [-0.25, -0.2) is 4.79 Å². The van der Waals surface area contributed by atoms with Gasteiger partial charge < -0.3 is 10.1 Å². The molecule has 0 unspecified atom stereocenters. The van der Waals surface area contributed by atoms with E-state index < -0.39 is 17.4 Å². The molecule has 31 heavy (non-hydrogen) atoms. The van der Waals surface area contributed by atoms with E-state index in [9.17, 15) is 14.4 Å². The molecule has 0 spiro atoms. The molecule has 1 aliphatic heterocycles. The standard InChI is InChI=1S/C22H25ClN4O4/c1-13-8-9-15(10-16(13)23)27-19(28)18-11-17(20(29)31-3)25-26(18)12-22(27,2)21(30)24-14-6-4-5-7-14/h8-11,14H,4-7,12H2,1-3H3,(H,24,30)/t22-/m1/s1. The molecule has 2 aromatic rings. The van der Waals surface area contributed by atoms with Crippen LogP contribution in [0, 0.1) is 6.92 Å². The van der Waals surface area contributed by atoms with Crippen LogP contribution in [0.1, 0.15) is 59.1 Å². The third-order valence-electron chi connectivity index (χ3n) is 6.14. The number of methoxy groups -OCH3 is 1. The van der Waals surface area contributed by atoms with Crippen LogP contribution in [-0.2, 0) is 16.1 Å². The zero-order chi connectivity index (χ0) is 22.3. The van der Waals surface area contributed by atoms with E-state index in [4.69, 9.17) is 16.3 Å². The van der Waals surface area contributed by atoms with Crippen molar-refractivity contribution in [1.29, 1.82) is 0 Å².